The van der Waals surface area contributed by atoms with Crippen LogP contribution in [0.2, 0.25) is 0 Å². The number of carboxylic acids is 1. The molecule has 0 bridgehead atoms. The lowest BCUT2D eigenvalue weighted by Gasteiger charge is -2.35. The van der Waals surface area contributed by atoms with E-state index in [1.807, 2.05) is 6.92 Å². The predicted molar refractivity (Wildman–Crippen MR) is 35.5 cm³/mol. The number of hydrogen-bond donors (Lipinski definition) is 2. The SMILES string of the molecule is CC1CCC1C(O)C(=O)O. The summed E-state index contributed by atoms with van der Waals surface area (Å²) in [7, 11) is 0. The minimum absolute atomic E-state index is 0.00231. The monoisotopic (exact) mass is 144 g/mol. The molecule has 0 saturated heterocycles. The molecule has 0 heterocycles. The minimum Gasteiger partial charge on any atom is -0.479 e. The van der Waals surface area contributed by atoms with Gasteiger partial charge in [0.2, 0.25) is 0 Å². The van der Waals surface area contributed by atoms with Gasteiger partial charge in [0.25, 0.3) is 0 Å². The first kappa shape index (κ1) is 7.54. The lowest BCUT2D eigenvalue weighted by molar-refractivity contribution is -0.153. The molecule has 3 nitrogen and oxygen atoms in total. The molecule has 1 rings (SSSR count). The van der Waals surface area contributed by atoms with Crippen LogP contribution in [0, 0.1) is 11.8 Å². The third kappa shape index (κ3) is 1.14. The van der Waals surface area contributed by atoms with Gasteiger partial charge in [-0.05, 0) is 24.7 Å². The summed E-state index contributed by atoms with van der Waals surface area (Å²) in [5.74, 6) is -0.708. The standard InChI is InChI=1S/C7H12O3/c1-4-2-3-5(4)6(8)7(9)10/h4-6,8H,2-3H2,1H3,(H,9,10). The third-order valence-electron chi connectivity index (χ3n) is 2.34. The molecule has 0 aromatic carbocycles. The maximum absolute atomic E-state index is 10.2. The van der Waals surface area contributed by atoms with E-state index in [4.69, 9.17) is 10.2 Å². The largest absolute Gasteiger partial charge is 0.479 e. The fraction of sp³-hybridized carbons (Fsp3) is 0.857. The molecule has 58 valence electrons. The molecular formula is C7H12O3. The Hall–Kier alpha value is -0.570. The van der Waals surface area contributed by atoms with Crippen molar-refractivity contribution >= 4 is 5.97 Å². The van der Waals surface area contributed by atoms with E-state index < -0.39 is 12.1 Å². The molecule has 3 heteroatoms. The number of aliphatic hydroxyl groups excluding tert-OH is 1. The average Bonchev–Trinajstić information content (AvgIpc) is 1.84. The van der Waals surface area contributed by atoms with E-state index >= 15 is 0 Å². The highest BCUT2D eigenvalue weighted by Gasteiger charge is 2.36. The van der Waals surface area contributed by atoms with E-state index in [0.29, 0.717) is 5.92 Å². The first-order valence-corrected chi connectivity index (χ1v) is 3.54. The van der Waals surface area contributed by atoms with Gasteiger partial charge in [-0.25, -0.2) is 4.79 Å². The first-order chi connectivity index (χ1) is 4.63. The van der Waals surface area contributed by atoms with Crippen molar-refractivity contribution in [2.75, 3.05) is 0 Å². The van der Waals surface area contributed by atoms with Gasteiger partial charge in [-0.3, -0.25) is 0 Å². The van der Waals surface area contributed by atoms with E-state index in [-0.39, 0.29) is 5.92 Å². The highest BCUT2D eigenvalue weighted by atomic mass is 16.4. The Labute approximate surface area is 59.7 Å². The van der Waals surface area contributed by atoms with Gasteiger partial charge in [0, 0.05) is 0 Å². The highest BCUT2D eigenvalue weighted by molar-refractivity contribution is 5.72. The first-order valence-electron chi connectivity index (χ1n) is 3.54. The zero-order valence-corrected chi connectivity index (χ0v) is 5.95. The number of aliphatic hydroxyl groups is 1. The molecule has 3 atom stereocenters. The minimum atomic E-state index is -1.14. The van der Waals surface area contributed by atoms with Crippen LogP contribution in [-0.4, -0.2) is 22.3 Å². The molecule has 0 aromatic rings. The molecule has 10 heavy (non-hydrogen) atoms. The Morgan fingerprint density at radius 3 is 2.30 bits per heavy atom. The van der Waals surface area contributed by atoms with Gasteiger partial charge in [-0.1, -0.05) is 6.92 Å². The Balaban J connectivity index is 2.41. The van der Waals surface area contributed by atoms with Crippen LogP contribution in [0.5, 0.6) is 0 Å². The average molecular weight is 144 g/mol. The van der Waals surface area contributed by atoms with Gasteiger partial charge in [-0.15, -0.1) is 0 Å². The van der Waals surface area contributed by atoms with E-state index in [2.05, 4.69) is 0 Å². The molecular weight excluding hydrogens is 132 g/mol. The molecule has 1 aliphatic rings. The zero-order chi connectivity index (χ0) is 7.72. The summed E-state index contributed by atoms with van der Waals surface area (Å²) >= 11 is 0. The second-order valence-electron chi connectivity index (χ2n) is 3.00. The molecule has 1 saturated carbocycles. The van der Waals surface area contributed by atoms with Gasteiger partial charge >= 0.3 is 5.97 Å². The number of rotatable bonds is 2. The van der Waals surface area contributed by atoms with Crippen LogP contribution in [0.1, 0.15) is 19.8 Å². The normalized spacial score (nSPS) is 34.6. The predicted octanol–water partition coefficient (Wildman–Crippen LogP) is 0.478. The lowest BCUT2D eigenvalue weighted by Crippen LogP contribution is -2.39. The molecule has 3 unspecified atom stereocenters. The van der Waals surface area contributed by atoms with Crippen molar-refractivity contribution in [1.29, 1.82) is 0 Å². The van der Waals surface area contributed by atoms with E-state index in [1.165, 1.54) is 0 Å². The molecule has 0 spiro atoms. The quantitative estimate of drug-likeness (QED) is 0.592. The van der Waals surface area contributed by atoms with Crippen molar-refractivity contribution in [2.24, 2.45) is 11.8 Å². The smallest absolute Gasteiger partial charge is 0.332 e. The number of carboxylic acid groups (broad SMARTS) is 1. The fourth-order valence-corrected chi connectivity index (χ4v) is 1.34. The van der Waals surface area contributed by atoms with Gasteiger partial charge in [0.15, 0.2) is 6.10 Å². The molecule has 2 N–H and O–H groups in total. The van der Waals surface area contributed by atoms with Crippen LogP contribution >= 0.6 is 0 Å². The summed E-state index contributed by atoms with van der Waals surface area (Å²) in [5, 5.41) is 17.4. The van der Waals surface area contributed by atoms with Crippen molar-refractivity contribution in [3.05, 3.63) is 0 Å². The molecule has 1 fully saturated rings. The van der Waals surface area contributed by atoms with Crippen LogP contribution in [0.15, 0.2) is 0 Å². The Morgan fingerprint density at radius 2 is 2.20 bits per heavy atom. The van der Waals surface area contributed by atoms with E-state index in [0.717, 1.165) is 12.8 Å². The number of aliphatic carboxylic acids is 1. The summed E-state index contributed by atoms with van der Waals surface area (Å²) in [6.07, 6.45) is 0.771. The lowest BCUT2D eigenvalue weighted by atomic mass is 9.72. The maximum Gasteiger partial charge on any atom is 0.332 e. The van der Waals surface area contributed by atoms with Crippen molar-refractivity contribution in [1.82, 2.24) is 0 Å². The van der Waals surface area contributed by atoms with Crippen LogP contribution in [0.3, 0.4) is 0 Å². The Bertz CT molecular complexity index is 144. The van der Waals surface area contributed by atoms with Crippen molar-refractivity contribution < 1.29 is 15.0 Å². The van der Waals surface area contributed by atoms with Crippen LogP contribution in [0.4, 0.5) is 0 Å². The Morgan fingerprint density at radius 1 is 1.60 bits per heavy atom. The fourth-order valence-electron chi connectivity index (χ4n) is 1.34. The van der Waals surface area contributed by atoms with Crippen LogP contribution in [0.25, 0.3) is 0 Å². The second kappa shape index (κ2) is 2.58. The number of carbonyl (C=O) groups is 1. The second-order valence-corrected chi connectivity index (χ2v) is 3.00. The molecule has 0 radical (unpaired) electrons. The highest BCUT2D eigenvalue weighted by Crippen LogP contribution is 2.36. The number of hydrogen-bond acceptors (Lipinski definition) is 2. The van der Waals surface area contributed by atoms with Crippen molar-refractivity contribution in [2.45, 2.75) is 25.9 Å². The van der Waals surface area contributed by atoms with E-state index in [9.17, 15) is 4.79 Å². The molecule has 0 aromatic heterocycles. The zero-order valence-electron chi connectivity index (χ0n) is 5.95. The van der Waals surface area contributed by atoms with Gasteiger partial charge in [0.1, 0.15) is 0 Å². The Kier molecular flexibility index (Phi) is 1.94. The van der Waals surface area contributed by atoms with Crippen molar-refractivity contribution in [3.8, 4) is 0 Å². The van der Waals surface area contributed by atoms with Crippen molar-refractivity contribution in [3.63, 3.8) is 0 Å². The van der Waals surface area contributed by atoms with Gasteiger partial charge in [0.05, 0.1) is 0 Å². The van der Waals surface area contributed by atoms with Gasteiger partial charge in [-0.2, -0.15) is 0 Å². The third-order valence-corrected chi connectivity index (χ3v) is 2.34. The molecule has 0 aliphatic heterocycles. The molecule has 0 amide bonds. The van der Waals surface area contributed by atoms with Crippen LogP contribution < -0.4 is 0 Å². The summed E-state index contributed by atoms with van der Waals surface area (Å²) in [6.45, 7) is 1.97. The molecule has 1 aliphatic carbocycles. The summed E-state index contributed by atoms with van der Waals surface area (Å²) in [4.78, 5) is 10.2. The summed E-state index contributed by atoms with van der Waals surface area (Å²) < 4.78 is 0. The summed E-state index contributed by atoms with van der Waals surface area (Å²) in [5.41, 5.74) is 0. The van der Waals surface area contributed by atoms with Gasteiger partial charge < -0.3 is 10.2 Å². The summed E-state index contributed by atoms with van der Waals surface area (Å²) in [6, 6.07) is 0. The maximum atomic E-state index is 10.2. The van der Waals surface area contributed by atoms with E-state index in [1.54, 1.807) is 0 Å². The van der Waals surface area contributed by atoms with Crippen LogP contribution in [-0.2, 0) is 4.79 Å². The topological polar surface area (TPSA) is 57.5 Å².